The Balaban J connectivity index is 1.75. The maximum Gasteiger partial charge on any atom is 0.192 e. The molecule has 1 unspecified atom stereocenters. The summed E-state index contributed by atoms with van der Waals surface area (Å²) in [4.78, 5) is 31.0. The molecule has 2 aliphatic carbocycles. The second-order valence-electron chi connectivity index (χ2n) is 7.45. The first-order chi connectivity index (χ1) is 13.6. The van der Waals surface area contributed by atoms with E-state index in [0.29, 0.717) is 29.0 Å². The van der Waals surface area contributed by atoms with Gasteiger partial charge in [-0.2, -0.15) is 0 Å². The number of fused-ring (bicyclic) bond motifs is 3. The van der Waals surface area contributed by atoms with Gasteiger partial charge >= 0.3 is 0 Å². The normalized spacial score (nSPS) is 23.1. The molecule has 5 nitrogen and oxygen atoms in total. The zero-order valence-electron chi connectivity index (χ0n) is 15.4. The van der Waals surface area contributed by atoms with Crippen LogP contribution in [-0.4, -0.2) is 29.5 Å². The van der Waals surface area contributed by atoms with Crippen molar-refractivity contribution < 1.29 is 19.4 Å². The monoisotopic (exact) mass is 373 g/mol. The lowest BCUT2D eigenvalue weighted by molar-refractivity contribution is -0.121. The van der Waals surface area contributed by atoms with Crippen LogP contribution in [0.3, 0.4) is 0 Å². The van der Waals surface area contributed by atoms with E-state index in [-0.39, 0.29) is 17.3 Å². The minimum atomic E-state index is -0.431. The van der Waals surface area contributed by atoms with E-state index >= 15 is 0 Å². The molecule has 5 heteroatoms. The molecule has 140 valence electrons. The number of carbonyl (C=O) groups is 2. The molecule has 0 spiro atoms. The van der Waals surface area contributed by atoms with Crippen molar-refractivity contribution in [2.24, 2.45) is 10.9 Å². The summed E-state index contributed by atoms with van der Waals surface area (Å²) >= 11 is 0. The van der Waals surface area contributed by atoms with Crippen molar-refractivity contribution in [1.29, 1.82) is 0 Å². The Bertz CT molecular complexity index is 1100. The molecule has 0 amide bonds. The van der Waals surface area contributed by atoms with Crippen molar-refractivity contribution in [2.45, 2.75) is 25.2 Å². The van der Waals surface area contributed by atoms with Crippen molar-refractivity contribution in [2.75, 3.05) is 7.11 Å². The molecule has 0 bridgehead atoms. The standard InChI is InChI=1S/C23H19NO4/c1-28-18-11-12(9-10-16(18)25)19-20-15(7-4-8-17(20)26)24-22-13-5-2-3-6-14(13)23(27)21(19)22/h2-3,5-6,9-11,19-20,25H,4,7-8H2,1H3/t19-,20?/m0/s1. The number of carbonyl (C=O) groups excluding carboxylic acids is 2. The lowest BCUT2D eigenvalue weighted by Crippen LogP contribution is -2.37. The van der Waals surface area contributed by atoms with Gasteiger partial charge in [-0.1, -0.05) is 30.3 Å². The van der Waals surface area contributed by atoms with Crippen molar-refractivity contribution >= 4 is 23.0 Å². The molecule has 3 aliphatic rings. The van der Waals surface area contributed by atoms with Gasteiger partial charge in [0.25, 0.3) is 0 Å². The SMILES string of the molecule is COc1cc([C@@H]2C3=C(N=C4CCCC(=O)C42)c2ccccc2C3=O)ccc1O. The molecule has 1 N–H and O–H groups in total. The van der Waals surface area contributed by atoms with E-state index in [2.05, 4.69) is 0 Å². The van der Waals surface area contributed by atoms with Gasteiger partial charge in [-0.15, -0.1) is 0 Å². The molecule has 0 radical (unpaired) electrons. The second kappa shape index (κ2) is 6.16. The highest BCUT2D eigenvalue weighted by Crippen LogP contribution is 2.50. The third-order valence-corrected chi connectivity index (χ3v) is 5.95. The first-order valence-corrected chi connectivity index (χ1v) is 9.45. The number of hydrogen-bond donors (Lipinski definition) is 1. The van der Waals surface area contributed by atoms with E-state index in [9.17, 15) is 14.7 Å². The van der Waals surface area contributed by atoms with Gasteiger partial charge in [0, 0.05) is 34.8 Å². The summed E-state index contributed by atoms with van der Waals surface area (Å²) in [7, 11) is 1.49. The fourth-order valence-electron chi connectivity index (χ4n) is 4.70. The van der Waals surface area contributed by atoms with Crippen molar-refractivity contribution in [1.82, 2.24) is 0 Å². The molecule has 1 saturated carbocycles. The van der Waals surface area contributed by atoms with Crippen LogP contribution in [0.4, 0.5) is 0 Å². The van der Waals surface area contributed by atoms with Gasteiger partial charge in [0.1, 0.15) is 5.78 Å². The van der Waals surface area contributed by atoms with Crippen LogP contribution in [0, 0.1) is 5.92 Å². The number of ether oxygens (including phenoxy) is 1. The van der Waals surface area contributed by atoms with Crippen LogP contribution in [-0.2, 0) is 4.79 Å². The number of hydrogen-bond acceptors (Lipinski definition) is 5. The van der Waals surface area contributed by atoms with Crippen LogP contribution in [0.5, 0.6) is 11.5 Å². The average molecular weight is 373 g/mol. The third kappa shape index (κ3) is 2.29. The maximum absolute atomic E-state index is 13.3. The lowest BCUT2D eigenvalue weighted by Gasteiger charge is -2.35. The van der Waals surface area contributed by atoms with Crippen LogP contribution in [0.2, 0.25) is 0 Å². The highest BCUT2D eigenvalue weighted by atomic mass is 16.5. The van der Waals surface area contributed by atoms with E-state index < -0.39 is 11.8 Å². The molecule has 1 aliphatic heterocycles. The number of phenols is 1. The van der Waals surface area contributed by atoms with E-state index in [4.69, 9.17) is 9.73 Å². The van der Waals surface area contributed by atoms with Crippen molar-refractivity contribution in [3.63, 3.8) is 0 Å². The Morgan fingerprint density at radius 1 is 1.04 bits per heavy atom. The van der Waals surface area contributed by atoms with Gasteiger partial charge in [0.05, 0.1) is 18.7 Å². The van der Waals surface area contributed by atoms with Gasteiger partial charge in [-0.25, -0.2) is 0 Å². The van der Waals surface area contributed by atoms with E-state index in [1.165, 1.54) is 7.11 Å². The smallest absolute Gasteiger partial charge is 0.192 e. The topological polar surface area (TPSA) is 76.0 Å². The number of ketones is 2. The summed E-state index contributed by atoms with van der Waals surface area (Å²) in [6, 6.07) is 12.5. The number of benzene rings is 2. The second-order valence-corrected chi connectivity index (χ2v) is 7.45. The Labute approximate surface area is 162 Å². The summed E-state index contributed by atoms with van der Waals surface area (Å²) < 4.78 is 5.27. The van der Waals surface area contributed by atoms with Crippen LogP contribution in [0.15, 0.2) is 53.0 Å². The Morgan fingerprint density at radius 3 is 2.61 bits per heavy atom. The zero-order chi connectivity index (χ0) is 19.4. The van der Waals surface area contributed by atoms with Gasteiger partial charge < -0.3 is 9.84 Å². The van der Waals surface area contributed by atoms with Crippen molar-refractivity contribution in [3.8, 4) is 11.5 Å². The van der Waals surface area contributed by atoms with Gasteiger partial charge in [0.15, 0.2) is 17.3 Å². The number of rotatable bonds is 2. The predicted molar refractivity (Wildman–Crippen MR) is 105 cm³/mol. The largest absolute Gasteiger partial charge is 0.504 e. The molecule has 1 heterocycles. The zero-order valence-corrected chi connectivity index (χ0v) is 15.4. The minimum Gasteiger partial charge on any atom is -0.504 e. The number of phenolic OH excluding ortho intramolecular Hbond substituents is 1. The molecular formula is C23H19NO4. The minimum absolute atomic E-state index is 0.0289. The molecular weight excluding hydrogens is 354 g/mol. The first kappa shape index (κ1) is 16.9. The first-order valence-electron chi connectivity index (χ1n) is 9.45. The number of nitrogens with zero attached hydrogens (tertiary/aromatic N) is 1. The Morgan fingerprint density at radius 2 is 1.82 bits per heavy atom. The number of methoxy groups -OCH3 is 1. The highest BCUT2D eigenvalue weighted by molar-refractivity contribution is 6.25. The summed E-state index contributed by atoms with van der Waals surface area (Å²) in [6.07, 6.45) is 2.05. The van der Waals surface area contributed by atoms with E-state index in [1.54, 1.807) is 18.2 Å². The molecule has 28 heavy (non-hydrogen) atoms. The summed E-state index contributed by atoms with van der Waals surface area (Å²) in [5.74, 6) is -0.429. The number of aromatic hydroxyl groups is 1. The number of allylic oxidation sites excluding steroid dienone is 1. The predicted octanol–water partition coefficient (Wildman–Crippen LogP) is 3.92. The summed E-state index contributed by atoms with van der Waals surface area (Å²) in [5.41, 5.74) is 4.39. The molecule has 2 aromatic carbocycles. The van der Waals surface area contributed by atoms with Crippen LogP contribution < -0.4 is 4.74 Å². The van der Waals surface area contributed by atoms with Crippen LogP contribution in [0.1, 0.15) is 46.7 Å². The molecule has 5 rings (SSSR count). The lowest BCUT2D eigenvalue weighted by atomic mass is 9.69. The van der Waals surface area contributed by atoms with Crippen molar-refractivity contribution in [3.05, 3.63) is 64.7 Å². The average Bonchev–Trinajstić information content (AvgIpc) is 3.00. The maximum atomic E-state index is 13.3. The van der Waals surface area contributed by atoms with Crippen LogP contribution >= 0.6 is 0 Å². The van der Waals surface area contributed by atoms with E-state index in [1.807, 2.05) is 24.3 Å². The third-order valence-electron chi connectivity index (χ3n) is 5.95. The number of Topliss-reactive ketones (excluding diaryl/α,β-unsaturated/α-hetero) is 2. The van der Waals surface area contributed by atoms with Crippen LogP contribution in [0.25, 0.3) is 5.70 Å². The Kier molecular flexibility index (Phi) is 3.72. The molecule has 0 aromatic heterocycles. The number of aliphatic imine (C=N–C) groups is 1. The Hall–Kier alpha value is -3.21. The highest BCUT2D eigenvalue weighted by Gasteiger charge is 2.47. The fourth-order valence-corrected chi connectivity index (χ4v) is 4.70. The molecule has 1 fully saturated rings. The molecule has 2 atom stereocenters. The molecule has 0 saturated heterocycles. The van der Waals surface area contributed by atoms with Gasteiger partial charge in [0.2, 0.25) is 0 Å². The van der Waals surface area contributed by atoms with Gasteiger partial charge in [-0.3, -0.25) is 14.6 Å². The fraction of sp³-hybridized carbons (Fsp3) is 0.261. The quantitative estimate of drug-likeness (QED) is 0.866. The summed E-state index contributed by atoms with van der Waals surface area (Å²) in [6.45, 7) is 0. The summed E-state index contributed by atoms with van der Waals surface area (Å²) in [5, 5.41) is 10.0. The van der Waals surface area contributed by atoms with Gasteiger partial charge in [-0.05, 0) is 30.5 Å². The molecule has 2 aromatic rings. The van der Waals surface area contributed by atoms with E-state index in [0.717, 1.165) is 29.7 Å².